The Kier molecular flexibility index (Phi) is 3.14. The van der Waals surface area contributed by atoms with Crippen molar-refractivity contribution in [3.63, 3.8) is 0 Å². The molecule has 0 heterocycles. The summed E-state index contributed by atoms with van der Waals surface area (Å²) in [6.45, 7) is 3.32. The van der Waals surface area contributed by atoms with Crippen molar-refractivity contribution in [1.82, 2.24) is 0 Å². The van der Waals surface area contributed by atoms with Crippen molar-refractivity contribution in [2.75, 3.05) is 0 Å². The predicted molar refractivity (Wildman–Crippen MR) is 57.2 cm³/mol. The third kappa shape index (κ3) is 2.02. The van der Waals surface area contributed by atoms with Crippen molar-refractivity contribution < 1.29 is 19.8 Å². The predicted octanol–water partition coefficient (Wildman–Crippen LogP) is 2.04. The number of Topliss-reactive ketones (excluding diaryl/α,β-unsaturated/α-hetero) is 1. The monoisotopic (exact) mass is 272 g/mol. The number of phenols is 1. The number of carbonyl (C=O) groups is 2. The lowest BCUT2D eigenvalue weighted by molar-refractivity contribution is -0.131. The Morgan fingerprint density at radius 3 is 2.27 bits per heavy atom. The molecule has 0 amide bonds. The van der Waals surface area contributed by atoms with Crippen molar-refractivity contribution >= 4 is 27.7 Å². The van der Waals surface area contributed by atoms with Crippen LogP contribution in [-0.4, -0.2) is 22.0 Å². The number of hydrogen-bond acceptors (Lipinski definition) is 3. The van der Waals surface area contributed by atoms with E-state index in [4.69, 9.17) is 5.11 Å². The normalized spacial score (nSPS) is 10.1. The fourth-order valence-corrected chi connectivity index (χ4v) is 1.65. The molecular weight excluding hydrogens is 264 g/mol. The van der Waals surface area contributed by atoms with E-state index in [-0.39, 0.29) is 11.3 Å². The summed E-state index contributed by atoms with van der Waals surface area (Å²) in [5.74, 6) is -3.00. The number of carboxylic acids is 1. The second-order valence-electron chi connectivity index (χ2n) is 3.18. The Hall–Kier alpha value is -1.36. The van der Waals surface area contributed by atoms with Crippen LogP contribution in [0.5, 0.6) is 5.75 Å². The van der Waals surface area contributed by atoms with E-state index in [1.165, 1.54) is 0 Å². The molecule has 0 fully saturated rings. The Bertz CT molecular complexity index is 451. The van der Waals surface area contributed by atoms with Crippen LogP contribution in [0.1, 0.15) is 21.5 Å². The first-order valence-electron chi connectivity index (χ1n) is 4.12. The number of aromatic hydroxyl groups is 1. The Morgan fingerprint density at radius 2 is 1.80 bits per heavy atom. The summed E-state index contributed by atoms with van der Waals surface area (Å²) >= 11 is 3.09. The number of rotatable bonds is 2. The molecule has 0 saturated carbocycles. The molecule has 0 atom stereocenters. The van der Waals surface area contributed by atoms with E-state index >= 15 is 0 Å². The highest BCUT2D eigenvalue weighted by molar-refractivity contribution is 9.10. The van der Waals surface area contributed by atoms with E-state index in [2.05, 4.69) is 15.9 Å². The molecule has 0 unspecified atom stereocenters. The molecule has 1 aromatic rings. The van der Waals surface area contributed by atoms with Gasteiger partial charge in [-0.15, -0.1) is 0 Å². The number of phenolic OH excluding ortho intramolecular Hbond substituents is 1. The van der Waals surface area contributed by atoms with E-state index in [1.54, 1.807) is 19.9 Å². The average Bonchev–Trinajstić information content (AvgIpc) is 2.14. The van der Waals surface area contributed by atoms with Crippen LogP contribution >= 0.6 is 15.9 Å². The second-order valence-corrected chi connectivity index (χ2v) is 3.98. The molecular formula is C10H9BrO4. The summed E-state index contributed by atoms with van der Waals surface area (Å²) in [6.07, 6.45) is 0. The van der Waals surface area contributed by atoms with Gasteiger partial charge in [0, 0.05) is 0 Å². The quantitative estimate of drug-likeness (QED) is 0.638. The number of carboxylic acid groups (broad SMARTS) is 1. The minimum Gasteiger partial charge on any atom is -0.506 e. The minimum absolute atomic E-state index is 0.167. The van der Waals surface area contributed by atoms with Gasteiger partial charge in [0.25, 0.3) is 5.78 Å². The fourth-order valence-electron chi connectivity index (χ4n) is 1.34. The third-order valence-electron chi connectivity index (χ3n) is 2.04. The molecule has 5 heteroatoms. The highest BCUT2D eigenvalue weighted by atomic mass is 79.9. The summed E-state index contributed by atoms with van der Waals surface area (Å²) < 4.78 is 0.345. The molecule has 0 saturated heterocycles. The van der Waals surface area contributed by atoms with Gasteiger partial charge in [0.2, 0.25) is 0 Å². The zero-order chi connectivity index (χ0) is 11.7. The van der Waals surface area contributed by atoms with Crippen LogP contribution in [0, 0.1) is 13.8 Å². The maximum atomic E-state index is 11.3. The molecule has 2 N–H and O–H groups in total. The highest BCUT2D eigenvalue weighted by Gasteiger charge is 2.23. The fraction of sp³-hybridized carbons (Fsp3) is 0.200. The van der Waals surface area contributed by atoms with E-state index in [1.807, 2.05) is 0 Å². The van der Waals surface area contributed by atoms with E-state index in [0.29, 0.717) is 10.0 Å². The summed E-state index contributed by atoms with van der Waals surface area (Å²) in [7, 11) is 0. The summed E-state index contributed by atoms with van der Waals surface area (Å²) in [5, 5.41) is 18.2. The minimum atomic E-state index is -1.58. The maximum Gasteiger partial charge on any atom is 0.377 e. The van der Waals surface area contributed by atoms with Crippen LogP contribution in [0.3, 0.4) is 0 Å². The number of ketones is 1. The van der Waals surface area contributed by atoms with Crippen LogP contribution in [0.25, 0.3) is 0 Å². The first-order chi connectivity index (χ1) is 6.86. The second kappa shape index (κ2) is 4.02. The molecule has 1 rings (SSSR count). The molecule has 0 radical (unpaired) electrons. The zero-order valence-corrected chi connectivity index (χ0v) is 9.75. The summed E-state index contributed by atoms with van der Waals surface area (Å²) in [4.78, 5) is 21.8. The average molecular weight is 273 g/mol. The number of aryl methyl sites for hydroxylation is 2. The highest BCUT2D eigenvalue weighted by Crippen LogP contribution is 2.33. The Balaban J connectivity index is 3.49. The summed E-state index contributed by atoms with van der Waals surface area (Å²) in [6, 6.07) is 1.64. The number of hydrogen-bond donors (Lipinski definition) is 2. The standard InChI is InChI=1S/C10H9BrO4/c1-4-3-5(2)7(11)8(12)6(4)9(13)10(14)15/h3,12H,1-2H3,(H,14,15). The molecule has 0 spiro atoms. The lowest BCUT2D eigenvalue weighted by Gasteiger charge is -2.09. The van der Waals surface area contributed by atoms with Crippen LogP contribution in [0.15, 0.2) is 10.5 Å². The lowest BCUT2D eigenvalue weighted by atomic mass is 10.0. The van der Waals surface area contributed by atoms with Gasteiger partial charge in [-0.05, 0) is 40.9 Å². The molecule has 0 aromatic heterocycles. The molecule has 0 aliphatic carbocycles. The molecule has 15 heavy (non-hydrogen) atoms. The van der Waals surface area contributed by atoms with Gasteiger partial charge in [0.05, 0.1) is 10.0 Å². The Labute approximate surface area is 94.7 Å². The van der Waals surface area contributed by atoms with E-state index in [9.17, 15) is 14.7 Å². The zero-order valence-electron chi connectivity index (χ0n) is 8.17. The third-order valence-corrected chi connectivity index (χ3v) is 3.04. The van der Waals surface area contributed by atoms with E-state index < -0.39 is 11.8 Å². The maximum absolute atomic E-state index is 11.3. The smallest absolute Gasteiger partial charge is 0.377 e. The van der Waals surface area contributed by atoms with Gasteiger partial charge in [-0.25, -0.2) is 4.79 Å². The van der Waals surface area contributed by atoms with Crippen molar-refractivity contribution in [2.45, 2.75) is 13.8 Å². The van der Waals surface area contributed by atoms with Gasteiger partial charge in [-0.1, -0.05) is 6.07 Å². The molecule has 0 bridgehead atoms. The van der Waals surface area contributed by atoms with Crippen molar-refractivity contribution in [1.29, 1.82) is 0 Å². The molecule has 0 aliphatic heterocycles. The summed E-state index contributed by atoms with van der Waals surface area (Å²) in [5.41, 5.74) is 1.02. The van der Waals surface area contributed by atoms with Crippen LogP contribution in [-0.2, 0) is 4.79 Å². The van der Waals surface area contributed by atoms with Crippen LogP contribution in [0.2, 0.25) is 0 Å². The largest absolute Gasteiger partial charge is 0.506 e. The number of halogens is 1. The van der Waals surface area contributed by atoms with Gasteiger partial charge in [0.15, 0.2) is 0 Å². The first-order valence-corrected chi connectivity index (χ1v) is 4.91. The molecule has 80 valence electrons. The molecule has 1 aromatic carbocycles. The van der Waals surface area contributed by atoms with Gasteiger partial charge in [-0.2, -0.15) is 0 Å². The van der Waals surface area contributed by atoms with Crippen LogP contribution < -0.4 is 0 Å². The SMILES string of the molecule is Cc1cc(C)c(C(=O)C(=O)O)c(O)c1Br. The number of aliphatic carboxylic acids is 1. The molecule has 0 aliphatic rings. The topological polar surface area (TPSA) is 74.6 Å². The first kappa shape index (κ1) is 11.7. The van der Waals surface area contributed by atoms with Gasteiger partial charge < -0.3 is 10.2 Å². The van der Waals surface area contributed by atoms with Crippen LogP contribution in [0.4, 0.5) is 0 Å². The van der Waals surface area contributed by atoms with Gasteiger partial charge in [0.1, 0.15) is 5.75 Å². The van der Waals surface area contributed by atoms with Crippen molar-refractivity contribution in [3.05, 3.63) is 27.2 Å². The van der Waals surface area contributed by atoms with Gasteiger partial charge in [-0.3, -0.25) is 4.79 Å². The van der Waals surface area contributed by atoms with Crippen molar-refractivity contribution in [3.8, 4) is 5.75 Å². The molecule has 4 nitrogen and oxygen atoms in total. The van der Waals surface area contributed by atoms with E-state index in [0.717, 1.165) is 5.56 Å². The lowest BCUT2D eigenvalue weighted by Crippen LogP contribution is -2.14. The van der Waals surface area contributed by atoms with Gasteiger partial charge >= 0.3 is 5.97 Å². The number of benzene rings is 1. The Morgan fingerprint density at radius 1 is 1.27 bits per heavy atom. The number of carbonyl (C=O) groups excluding carboxylic acids is 1. The van der Waals surface area contributed by atoms with Crippen molar-refractivity contribution in [2.24, 2.45) is 0 Å².